The molecule has 3 aliphatic rings. The van der Waals surface area contributed by atoms with E-state index in [9.17, 15) is 4.79 Å². The van der Waals surface area contributed by atoms with Crippen molar-refractivity contribution in [3.63, 3.8) is 0 Å². The Hall–Kier alpha value is -0.610. The van der Waals surface area contributed by atoms with E-state index >= 15 is 0 Å². The van der Waals surface area contributed by atoms with Crippen molar-refractivity contribution in [2.45, 2.75) is 52.0 Å². The minimum Gasteiger partial charge on any atom is -0.341 e. The predicted octanol–water partition coefficient (Wildman–Crippen LogP) is 2.05. The van der Waals surface area contributed by atoms with Gasteiger partial charge in [0.25, 0.3) is 0 Å². The van der Waals surface area contributed by atoms with Gasteiger partial charge in [-0.15, -0.1) is 0 Å². The zero-order chi connectivity index (χ0) is 15.5. The van der Waals surface area contributed by atoms with E-state index in [4.69, 9.17) is 0 Å². The van der Waals surface area contributed by atoms with E-state index in [2.05, 4.69) is 28.5 Å². The summed E-state index contributed by atoms with van der Waals surface area (Å²) < 4.78 is 0. The van der Waals surface area contributed by atoms with Gasteiger partial charge >= 0.3 is 0 Å². The lowest BCUT2D eigenvalue weighted by molar-refractivity contribution is -0.135. The van der Waals surface area contributed by atoms with Crippen LogP contribution in [0, 0.1) is 11.8 Å². The van der Waals surface area contributed by atoms with Crippen LogP contribution < -0.4 is 0 Å². The maximum absolute atomic E-state index is 12.6. The fraction of sp³-hybridized carbons (Fsp3) is 0.944. The summed E-state index contributed by atoms with van der Waals surface area (Å²) in [7, 11) is 0. The van der Waals surface area contributed by atoms with Gasteiger partial charge in [-0.05, 0) is 31.1 Å². The second-order valence-corrected chi connectivity index (χ2v) is 8.00. The summed E-state index contributed by atoms with van der Waals surface area (Å²) in [6.45, 7) is 11.6. The fourth-order valence-electron chi connectivity index (χ4n) is 4.71. The average molecular weight is 307 g/mol. The van der Waals surface area contributed by atoms with E-state index in [0.29, 0.717) is 24.3 Å². The van der Waals surface area contributed by atoms with Crippen LogP contribution in [0.25, 0.3) is 0 Å². The number of piperazine rings is 1. The Labute approximate surface area is 135 Å². The largest absolute Gasteiger partial charge is 0.341 e. The summed E-state index contributed by atoms with van der Waals surface area (Å²) in [6, 6.07) is 0.835. The zero-order valence-corrected chi connectivity index (χ0v) is 14.5. The zero-order valence-electron chi connectivity index (χ0n) is 14.5. The van der Waals surface area contributed by atoms with Gasteiger partial charge in [-0.25, -0.2) is 0 Å². The molecule has 0 aromatic rings. The molecule has 0 aromatic carbocycles. The van der Waals surface area contributed by atoms with Crippen LogP contribution in [-0.2, 0) is 4.79 Å². The highest BCUT2D eigenvalue weighted by Gasteiger charge is 2.29. The lowest BCUT2D eigenvalue weighted by atomic mass is 9.92. The molecule has 0 bridgehead atoms. The third-order valence-corrected chi connectivity index (χ3v) is 5.83. The minimum absolute atomic E-state index is 0.354. The Morgan fingerprint density at radius 3 is 2.14 bits per heavy atom. The summed E-state index contributed by atoms with van der Waals surface area (Å²) in [6.07, 6.45) is 6.87. The Bertz CT molecular complexity index is 363. The highest BCUT2D eigenvalue weighted by atomic mass is 16.2. The molecule has 2 atom stereocenters. The van der Waals surface area contributed by atoms with Gasteiger partial charge in [0.2, 0.25) is 5.91 Å². The smallest absolute Gasteiger partial charge is 0.236 e. The number of carbonyl (C=O) groups is 1. The molecule has 3 rings (SSSR count). The number of rotatable bonds is 3. The molecule has 2 heterocycles. The summed E-state index contributed by atoms with van der Waals surface area (Å²) in [4.78, 5) is 19.7. The van der Waals surface area contributed by atoms with E-state index in [1.54, 1.807) is 0 Å². The average Bonchev–Trinajstić information content (AvgIpc) is 3.01. The topological polar surface area (TPSA) is 26.8 Å². The lowest BCUT2D eigenvalue weighted by Gasteiger charge is -2.40. The van der Waals surface area contributed by atoms with Gasteiger partial charge in [0.05, 0.1) is 6.54 Å². The monoisotopic (exact) mass is 307 g/mol. The van der Waals surface area contributed by atoms with Crippen molar-refractivity contribution in [2.24, 2.45) is 11.8 Å². The van der Waals surface area contributed by atoms with Gasteiger partial charge in [-0.1, -0.05) is 26.7 Å². The Morgan fingerprint density at radius 2 is 1.55 bits per heavy atom. The van der Waals surface area contributed by atoms with E-state index in [-0.39, 0.29) is 0 Å². The van der Waals surface area contributed by atoms with E-state index < -0.39 is 0 Å². The number of hydrogen-bond donors (Lipinski definition) is 0. The maximum Gasteiger partial charge on any atom is 0.236 e. The van der Waals surface area contributed by atoms with Crippen LogP contribution in [0.4, 0.5) is 0 Å². The van der Waals surface area contributed by atoms with Crippen LogP contribution in [0.2, 0.25) is 0 Å². The molecule has 4 heteroatoms. The quantitative estimate of drug-likeness (QED) is 0.798. The third kappa shape index (κ3) is 4.02. The molecular weight excluding hydrogens is 274 g/mol. The van der Waals surface area contributed by atoms with Crippen molar-refractivity contribution in [3.8, 4) is 0 Å². The number of hydrogen-bond acceptors (Lipinski definition) is 3. The fourth-order valence-corrected chi connectivity index (χ4v) is 4.71. The molecule has 4 nitrogen and oxygen atoms in total. The van der Waals surface area contributed by atoms with Crippen LogP contribution in [0.15, 0.2) is 0 Å². The van der Waals surface area contributed by atoms with Gasteiger partial charge in [-0.3, -0.25) is 14.6 Å². The number of amides is 1. The first-order chi connectivity index (χ1) is 10.6. The molecule has 2 aliphatic heterocycles. The molecule has 2 unspecified atom stereocenters. The van der Waals surface area contributed by atoms with Gasteiger partial charge < -0.3 is 4.90 Å². The molecule has 0 radical (unpaired) electrons. The number of nitrogens with zero attached hydrogens (tertiary/aromatic N) is 3. The Balaban J connectivity index is 1.43. The molecule has 0 N–H and O–H groups in total. The predicted molar refractivity (Wildman–Crippen MR) is 89.8 cm³/mol. The summed E-state index contributed by atoms with van der Waals surface area (Å²) in [5.74, 6) is 1.67. The molecule has 126 valence electrons. The highest BCUT2D eigenvalue weighted by molar-refractivity contribution is 5.78. The van der Waals surface area contributed by atoms with Crippen molar-refractivity contribution >= 4 is 5.91 Å². The lowest BCUT2D eigenvalue weighted by Crippen LogP contribution is -2.53. The van der Waals surface area contributed by atoms with E-state index in [1.165, 1.54) is 32.1 Å². The van der Waals surface area contributed by atoms with Gasteiger partial charge in [0, 0.05) is 45.3 Å². The molecule has 0 spiro atoms. The summed E-state index contributed by atoms with van der Waals surface area (Å²) in [5, 5.41) is 0. The van der Waals surface area contributed by atoms with Crippen LogP contribution in [0.5, 0.6) is 0 Å². The van der Waals surface area contributed by atoms with Crippen LogP contribution >= 0.6 is 0 Å². The van der Waals surface area contributed by atoms with E-state index in [0.717, 1.165) is 45.3 Å². The van der Waals surface area contributed by atoms with Crippen LogP contribution in [0.1, 0.15) is 46.0 Å². The summed E-state index contributed by atoms with van der Waals surface area (Å²) in [5.41, 5.74) is 0. The normalized spacial score (nSPS) is 32.5. The molecule has 22 heavy (non-hydrogen) atoms. The van der Waals surface area contributed by atoms with Gasteiger partial charge in [-0.2, -0.15) is 0 Å². The SMILES string of the molecule is CC1CC(C)CN(C(=O)CN2CCN(C3CCCC3)CC2)C1. The number of likely N-dealkylation sites (tertiary alicyclic amines) is 1. The Morgan fingerprint density at radius 1 is 0.955 bits per heavy atom. The van der Waals surface area contributed by atoms with Crippen molar-refractivity contribution in [1.82, 2.24) is 14.7 Å². The van der Waals surface area contributed by atoms with Gasteiger partial charge in [0.15, 0.2) is 0 Å². The number of piperidine rings is 1. The molecule has 1 saturated carbocycles. The Kier molecular flexibility index (Phi) is 5.40. The van der Waals surface area contributed by atoms with Crippen molar-refractivity contribution < 1.29 is 4.79 Å². The van der Waals surface area contributed by atoms with Crippen molar-refractivity contribution in [1.29, 1.82) is 0 Å². The van der Waals surface area contributed by atoms with Gasteiger partial charge in [0.1, 0.15) is 0 Å². The number of carbonyl (C=O) groups excluding carboxylic acids is 1. The molecular formula is C18H33N3O. The summed E-state index contributed by atoms with van der Waals surface area (Å²) >= 11 is 0. The first-order valence-electron chi connectivity index (χ1n) is 9.36. The molecule has 2 saturated heterocycles. The molecule has 1 aliphatic carbocycles. The first kappa shape index (κ1) is 16.3. The third-order valence-electron chi connectivity index (χ3n) is 5.83. The van der Waals surface area contributed by atoms with Crippen LogP contribution in [-0.4, -0.2) is 72.5 Å². The minimum atomic E-state index is 0.354. The molecule has 3 fully saturated rings. The molecule has 0 aromatic heterocycles. The second-order valence-electron chi connectivity index (χ2n) is 8.00. The van der Waals surface area contributed by atoms with Crippen molar-refractivity contribution in [2.75, 3.05) is 45.8 Å². The first-order valence-corrected chi connectivity index (χ1v) is 9.36. The maximum atomic E-state index is 12.6. The molecule has 1 amide bonds. The standard InChI is InChI=1S/C18H33N3O/c1-15-11-16(2)13-21(12-15)18(22)14-19-7-9-20(10-8-19)17-5-3-4-6-17/h15-17H,3-14H2,1-2H3. The van der Waals surface area contributed by atoms with Crippen LogP contribution in [0.3, 0.4) is 0 Å². The van der Waals surface area contributed by atoms with Crippen molar-refractivity contribution in [3.05, 3.63) is 0 Å². The van der Waals surface area contributed by atoms with E-state index in [1.807, 2.05) is 0 Å². The highest BCUT2D eigenvalue weighted by Crippen LogP contribution is 2.24. The second kappa shape index (κ2) is 7.31.